The number of hydrogen-bond donors (Lipinski definition) is 2. The van der Waals surface area contributed by atoms with Crippen LogP contribution >= 0.6 is 0 Å². The lowest BCUT2D eigenvalue weighted by Crippen LogP contribution is -2.52. The van der Waals surface area contributed by atoms with E-state index < -0.39 is 11.9 Å². The number of benzene rings is 1. The first kappa shape index (κ1) is 15.0. The van der Waals surface area contributed by atoms with Gasteiger partial charge in [-0.3, -0.25) is 14.4 Å². The Kier molecular flexibility index (Phi) is 4.23. The highest BCUT2D eigenvalue weighted by Gasteiger charge is 2.28. The Hall–Kier alpha value is -2.41. The molecule has 1 unspecified atom stereocenters. The van der Waals surface area contributed by atoms with Gasteiger partial charge in [-0.1, -0.05) is 12.1 Å². The zero-order valence-electron chi connectivity index (χ0n) is 11.7. The zero-order valence-corrected chi connectivity index (χ0v) is 11.7. The lowest BCUT2D eigenvalue weighted by molar-refractivity contribution is -0.138. The minimum Gasteiger partial charge on any atom is -0.481 e. The molecule has 0 aliphatic carbocycles. The number of amides is 2. The Balaban J connectivity index is 2.21. The van der Waals surface area contributed by atoms with Crippen molar-refractivity contribution in [1.82, 2.24) is 4.90 Å². The second-order valence-corrected chi connectivity index (χ2v) is 4.95. The van der Waals surface area contributed by atoms with E-state index >= 15 is 0 Å². The Morgan fingerprint density at radius 1 is 1.24 bits per heavy atom. The number of carboxylic acids is 1. The lowest BCUT2D eigenvalue weighted by atomic mass is 9.99. The number of nitrogens with zero attached hydrogens (tertiary/aromatic N) is 2. The fourth-order valence-corrected chi connectivity index (χ4v) is 2.22. The number of anilines is 1. The van der Waals surface area contributed by atoms with Crippen LogP contribution in [0.25, 0.3) is 0 Å². The third-order valence-electron chi connectivity index (χ3n) is 3.53. The van der Waals surface area contributed by atoms with Crippen LogP contribution < -0.4 is 10.6 Å². The van der Waals surface area contributed by atoms with Gasteiger partial charge in [0.15, 0.2) is 0 Å². The molecule has 1 saturated heterocycles. The molecular formula is C14H17N3O4. The van der Waals surface area contributed by atoms with Crippen molar-refractivity contribution in [2.24, 2.45) is 5.73 Å². The molecule has 7 heteroatoms. The first-order valence-corrected chi connectivity index (χ1v) is 6.51. The summed E-state index contributed by atoms with van der Waals surface area (Å²) in [6, 6.07) is 6.52. The molecule has 3 N–H and O–H groups in total. The van der Waals surface area contributed by atoms with Crippen LogP contribution in [-0.4, -0.2) is 54.5 Å². The largest absolute Gasteiger partial charge is 0.481 e. The van der Waals surface area contributed by atoms with Crippen molar-refractivity contribution in [2.45, 2.75) is 5.92 Å². The molecule has 1 fully saturated rings. The molecule has 1 aromatic carbocycles. The van der Waals surface area contributed by atoms with Crippen LogP contribution in [0.4, 0.5) is 5.69 Å². The normalized spacial score (nSPS) is 17.0. The summed E-state index contributed by atoms with van der Waals surface area (Å²) < 4.78 is 0. The molecule has 0 radical (unpaired) electrons. The van der Waals surface area contributed by atoms with E-state index in [2.05, 4.69) is 0 Å². The Morgan fingerprint density at radius 2 is 1.86 bits per heavy atom. The molecule has 1 atom stereocenters. The predicted octanol–water partition coefficient (Wildman–Crippen LogP) is -0.381. The summed E-state index contributed by atoms with van der Waals surface area (Å²) in [4.78, 5) is 37.4. The van der Waals surface area contributed by atoms with Gasteiger partial charge in [-0.15, -0.1) is 0 Å². The van der Waals surface area contributed by atoms with Crippen molar-refractivity contribution in [3.8, 4) is 0 Å². The van der Waals surface area contributed by atoms with E-state index in [0.29, 0.717) is 11.3 Å². The van der Waals surface area contributed by atoms with Gasteiger partial charge < -0.3 is 20.6 Å². The third-order valence-corrected chi connectivity index (χ3v) is 3.53. The second-order valence-electron chi connectivity index (χ2n) is 4.95. The van der Waals surface area contributed by atoms with Crippen LogP contribution in [0.2, 0.25) is 0 Å². The van der Waals surface area contributed by atoms with Crippen molar-refractivity contribution in [3.63, 3.8) is 0 Å². The summed E-state index contributed by atoms with van der Waals surface area (Å²) in [5.41, 5.74) is 6.59. The molecule has 7 nitrogen and oxygen atoms in total. The molecule has 1 aromatic rings. The highest BCUT2D eigenvalue weighted by Crippen LogP contribution is 2.22. The second kappa shape index (κ2) is 5.92. The van der Waals surface area contributed by atoms with Crippen molar-refractivity contribution < 1.29 is 19.5 Å². The SMILES string of the molecule is CN1CC(=O)N(c2ccc(C(CN)C(=O)O)cc2)CC1=O. The number of nitrogens with two attached hydrogens (primary N) is 1. The highest BCUT2D eigenvalue weighted by atomic mass is 16.4. The lowest BCUT2D eigenvalue weighted by Gasteiger charge is -2.31. The maximum Gasteiger partial charge on any atom is 0.312 e. The van der Waals surface area contributed by atoms with Crippen LogP contribution in [0.1, 0.15) is 11.5 Å². The molecule has 1 aliphatic heterocycles. The van der Waals surface area contributed by atoms with Gasteiger partial charge in [-0.2, -0.15) is 0 Å². The molecule has 1 aliphatic rings. The van der Waals surface area contributed by atoms with Gasteiger partial charge in [-0.05, 0) is 17.7 Å². The summed E-state index contributed by atoms with van der Waals surface area (Å²) in [5, 5.41) is 9.06. The van der Waals surface area contributed by atoms with Crippen molar-refractivity contribution in [1.29, 1.82) is 0 Å². The Morgan fingerprint density at radius 3 is 2.38 bits per heavy atom. The van der Waals surface area contributed by atoms with Crippen LogP contribution in [0.3, 0.4) is 0 Å². The van der Waals surface area contributed by atoms with Crippen molar-refractivity contribution in [3.05, 3.63) is 29.8 Å². The van der Waals surface area contributed by atoms with Crippen LogP contribution in [0, 0.1) is 0 Å². The van der Waals surface area contributed by atoms with Crippen LogP contribution in [0.5, 0.6) is 0 Å². The van der Waals surface area contributed by atoms with Gasteiger partial charge in [0.25, 0.3) is 0 Å². The van der Waals surface area contributed by atoms with E-state index in [0.717, 1.165) is 0 Å². The van der Waals surface area contributed by atoms with Gasteiger partial charge in [0.1, 0.15) is 6.54 Å². The van der Waals surface area contributed by atoms with Gasteiger partial charge in [-0.25, -0.2) is 0 Å². The standard InChI is InChI=1S/C14H17N3O4/c1-16-7-13(19)17(8-12(16)18)10-4-2-9(3-5-10)11(6-15)14(20)21/h2-5,11H,6-8,15H2,1H3,(H,20,21). The number of carbonyl (C=O) groups is 3. The molecule has 21 heavy (non-hydrogen) atoms. The van der Waals surface area contributed by atoms with E-state index in [4.69, 9.17) is 10.8 Å². The summed E-state index contributed by atoms with van der Waals surface area (Å²) in [6.45, 7) is 0.0374. The summed E-state index contributed by atoms with van der Waals surface area (Å²) in [6.07, 6.45) is 0. The quantitative estimate of drug-likeness (QED) is 0.787. The summed E-state index contributed by atoms with van der Waals surface area (Å²) in [5.74, 6) is -2.07. The van der Waals surface area contributed by atoms with Gasteiger partial charge >= 0.3 is 5.97 Å². The van der Waals surface area contributed by atoms with Gasteiger partial charge in [0.05, 0.1) is 12.5 Å². The molecule has 112 valence electrons. The van der Waals surface area contributed by atoms with E-state index in [1.54, 1.807) is 31.3 Å². The molecule has 2 rings (SSSR count). The monoisotopic (exact) mass is 291 g/mol. The summed E-state index contributed by atoms with van der Waals surface area (Å²) >= 11 is 0. The number of piperazine rings is 1. The van der Waals surface area contributed by atoms with Crippen molar-refractivity contribution >= 4 is 23.5 Å². The minimum atomic E-state index is -0.990. The topological polar surface area (TPSA) is 104 Å². The van der Waals surface area contributed by atoms with Crippen LogP contribution in [-0.2, 0) is 14.4 Å². The molecule has 0 saturated carbocycles. The number of carboxylic acid groups (broad SMARTS) is 1. The average Bonchev–Trinajstić information content (AvgIpc) is 2.44. The minimum absolute atomic E-state index is 0.000601. The number of carbonyl (C=O) groups excluding carboxylic acids is 2. The fraction of sp³-hybridized carbons (Fsp3) is 0.357. The first-order chi connectivity index (χ1) is 9.93. The van der Waals surface area contributed by atoms with E-state index in [1.807, 2.05) is 0 Å². The smallest absolute Gasteiger partial charge is 0.312 e. The molecule has 2 amide bonds. The number of rotatable bonds is 4. The highest BCUT2D eigenvalue weighted by molar-refractivity contribution is 6.04. The molecule has 0 spiro atoms. The molecule has 0 aromatic heterocycles. The zero-order chi connectivity index (χ0) is 15.6. The number of hydrogen-bond acceptors (Lipinski definition) is 4. The number of likely N-dealkylation sites (N-methyl/N-ethyl adjacent to an activating group) is 1. The third kappa shape index (κ3) is 3.03. The van der Waals surface area contributed by atoms with Crippen molar-refractivity contribution in [2.75, 3.05) is 31.6 Å². The predicted molar refractivity (Wildman–Crippen MR) is 75.9 cm³/mol. The summed E-state index contributed by atoms with van der Waals surface area (Å²) in [7, 11) is 1.58. The molecular weight excluding hydrogens is 274 g/mol. The number of aliphatic carboxylic acids is 1. The Labute approximate surface area is 121 Å². The Bertz CT molecular complexity index is 570. The molecule has 1 heterocycles. The first-order valence-electron chi connectivity index (χ1n) is 6.51. The van der Waals surface area contributed by atoms with E-state index in [1.165, 1.54) is 9.80 Å². The van der Waals surface area contributed by atoms with Gasteiger partial charge in [0, 0.05) is 19.3 Å². The van der Waals surface area contributed by atoms with E-state index in [-0.39, 0.29) is 31.4 Å². The maximum absolute atomic E-state index is 12.0. The van der Waals surface area contributed by atoms with Gasteiger partial charge in [0.2, 0.25) is 11.8 Å². The van der Waals surface area contributed by atoms with Crippen LogP contribution in [0.15, 0.2) is 24.3 Å². The van der Waals surface area contributed by atoms with E-state index in [9.17, 15) is 14.4 Å². The molecule has 0 bridgehead atoms. The fourth-order valence-electron chi connectivity index (χ4n) is 2.22. The maximum atomic E-state index is 12.0. The average molecular weight is 291 g/mol.